The Bertz CT molecular complexity index is 912. The number of halogens is 1. The lowest BCUT2D eigenvalue weighted by atomic mass is 10.1. The number of hydrogen-bond donors (Lipinski definition) is 1. The third-order valence-corrected chi connectivity index (χ3v) is 4.45. The molecule has 1 aliphatic carbocycles. The number of nitriles is 1. The number of rotatable bonds is 5. The van der Waals surface area contributed by atoms with Gasteiger partial charge in [-0.3, -0.25) is 0 Å². The summed E-state index contributed by atoms with van der Waals surface area (Å²) in [7, 11) is 0. The van der Waals surface area contributed by atoms with Gasteiger partial charge in [-0.25, -0.2) is 9.37 Å². The maximum Gasteiger partial charge on any atom is 0.232 e. The van der Waals surface area contributed by atoms with Crippen molar-refractivity contribution in [3.8, 4) is 6.07 Å². The van der Waals surface area contributed by atoms with E-state index in [-0.39, 0.29) is 23.3 Å². The van der Waals surface area contributed by atoms with E-state index in [0.29, 0.717) is 18.3 Å². The molecule has 2 atom stereocenters. The summed E-state index contributed by atoms with van der Waals surface area (Å²) >= 11 is 0. The van der Waals surface area contributed by atoms with Crippen LogP contribution in [0.4, 0.5) is 10.3 Å². The zero-order valence-corrected chi connectivity index (χ0v) is 13.4. The zero-order valence-electron chi connectivity index (χ0n) is 13.4. The predicted octanol–water partition coefficient (Wildman–Crippen LogP) is 4.57. The highest BCUT2D eigenvalue weighted by Gasteiger charge is 2.43. The van der Waals surface area contributed by atoms with E-state index in [4.69, 9.17) is 4.42 Å². The van der Waals surface area contributed by atoms with Crippen molar-refractivity contribution in [2.45, 2.75) is 24.8 Å². The Kier molecular flexibility index (Phi) is 3.95. The molecule has 0 aliphatic heterocycles. The van der Waals surface area contributed by atoms with Gasteiger partial charge < -0.3 is 9.73 Å². The molecule has 4 rings (SSSR count). The first-order valence-electron chi connectivity index (χ1n) is 8.18. The molecule has 2 unspecified atom stereocenters. The summed E-state index contributed by atoms with van der Waals surface area (Å²) in [5, 5.41) is 12.4. The largest absolute Gasteiger partial charge is 0.424 e. The van der Waals surface area contributed by atoms with E-state index < -0.39 is 0 Å². The van der Waals surface area contributed by atoms with E-state index in [9.17, 15) is 9.65 Å². The number of nitrogens with zero attached hydrogens (tertiary/aromatic N) is 2. The van der Waals surface area contributed by atoms with E-state index >= 15 is 0 Å². The molecule has 0 spiro atoms. The van der Waals surface area contributed by atoms with Crippen molar-refractivity contribution < 1.29 is 8.81 Å². The maximum atomic E-state index is 13.0. The average Bonchev–Trinajstić information content (AvgIpc) is 3.34. The van der Waals surface area contributed by atoms with Crippen molar-refractivity contribution in [2.75, 3.05) is 5.32 Å². The van der Waals surface area contributed by atoms with Gasteiger partial charge in [-0.05, 0) is 35.6 Å². The molecule has 1 fully saturated rings. The topological polar surface area (TPSA) is 61.9 Å². The number of nitrogens with one attached hydrogen (secondary N) is 1. The summed E-state index contributed by atoms with van der Waals surface area (Å²) < 4.78 is 18.9. The van der Waals surface area contributed by atoms with Crippen LogP contribution in [0.5, 0.6) is 0 Å². The zero-order chi connectivity index (χ0) is 17.2. The normalized spacial score (nSPS) is 18.6. The minimum Gasteiger partial charge on any atom is -0.424 e. The van der Waals surface area contributed by atoms with Crippen molar-refractivity contribution in [2.24, 2.45) is 0 Å². The number of aromatic nitrogens is 1. The summed E-state index contributed by atoms with van der Waals surface area (Å²) in [5.41, 5.74) is 2.44. The van der Waals surface area contributed by atoms with Crippen molar-refractivity contribution in [3.63, 3.8) is 0 Å². The lowest BCUT2D eigenvalue weighted by Gasteiger charge is -2.02. The van der Waals surface area contributed by atoms with Crippen LogP contribution in [0.15, 0.2) is 59.0 Å². The molecule has 25 heavy (non-hydrogen) atoms. The van der Waals surface area contributed by atoms with Gasteiger partial charge >= 0.3 is 0 Å². The highest BCUT2D eigenvalue weighted by Crippen LogP contribution is 2.54. The van der Waals surface area contributed by atoms with E-state index in [1.54, 1.807) is 12.1 Å². The first-order chi connectivity index (χ1) is 12.2. The Labute approximate surface area is 144 Å². The van der Waals surface area contributed by atoms with Crippen LogP contribution in [0.3, 0.4) is 0 Å². The van der Waals surface area contributed by atoms with Crippen molar-refractivity contribution in [3.05, 3.63) is 83.1 Å². The maximum absolute atomic E-state index is 13.0. The molecule has 1 aliphatic rings. The standard InChI is InChI=1S/C20H16FN3O/c21-15-8-6-14(7-9-15)16-10-17(16)19-24-18(11-22)20(25-19)23-12-13-4-2-1-3-5-13/h1-9,16-17,23H,10,12H2. The first-order valence-corrected chi connectivity index (χ1v) is 8.18. The number of oxazole rings is 1. The molecule has 1 N–H and O–H groups in total. The van der Waals surface area contributed by atoms with Gasteiger partial charge in [0.15, 0.2) is 0 Å². The molecule has 3 aromatic rings. The highest BCUT2D eigenvalue weighted by molar-refractivity contribution is 5.47. The van der Waals surface area contributed by atoms with Crippen LogP contribution in [0.1, 0.15) is 41.0 Å². The smallest absolute Gasteiger partial charge is 0.232 e. The molecule has 0 bridgehead atoms. The fraction of sp³-hybridized carbons (Fsp3) is 0.200. The molecule has 1 heterocycles. The molecule has 124 valence electrons. The molecule has 2 aromatic carbocycles. The van der Waals surface area contributed by atoms with Crippen molar-refractivity contribution in [1.29, 1.82) is 5.26 Å². The van der Waals surface area contributed by atoms with E-state index in [1.165, 1.54) is 12.1 Å². The van der Waals surface area contributed by atoms with E-state index in [2.05, 4.69) is 16.4 Å². The van der Waals surface area contributed by atoms with Gasteiger partial charge in [-0.15, -0.1) is 0 Å². The second-order valence-corrected chi connectivity index (χ2v) is 6.18. The quantitative estimate of drug-likeness (QED) is 0.743. The molecule has 1 aromatic heterocycles. The highest BCUT2D eigenvalue weighted by atomic mass is 19.1. The summed E-state index contributed by atoms with van der Waals surface area (Å²) in [6, 6.07) is 18.5. The molecule has 5 heteroatoms. The SMILES string of the molecule is N#Cc1nc(C2CC2c2ccc(F)cc2)oc1NCc1ccccc1. The Morgan fingerprint density at radius 3 is 2.60 bits per heavy atom. The average molecular weight is 333 g/mol. The van der Waals surface area contributed by atoms with Crippen LogP contribution >= 0.6 is 0 Å². The molecule has 1 saturated carbocycles. The Morgan fingerprint density at radius 2 is 1.88 bits per heavy atom. The Hall–Kier alpha value is -3.13. The van der Waals surface area contributed by atoms with Crippen molar-refractivity contribution >= 4 is 5.88 Å². The first kappa shape index (κ1) is 15.4. The molecular weight excluding hydrogens is 317 g/mol. The molecule has 4 nitrogen and oxygen atoms in total. The second kappa shape index (κ2) is 6.40. The van der Waals surface area contributed by atoms with Crippen LogP contribution in [-0.4, -0.2) is 4.98 Å². The fourth-order valence-corrected chi connectivity index (χ4v) is 3.02. The van der Waals surface area contributed by atoms with Gasteiger partial charge in [0.1, 0.15) is 11.9 Å². The number of hydrogen-bond acceptors (Lipinski definition) is 4. The lowest BCUT2D eigenvalue weighted by molar-refractivity contribution is 0.505. The summed E-state index contributed by atoms with van der Waals surface area (Å²) in [4.78, 5) is 4.33. The van der Waals surface area contributed by atoms with Gasteiger partial charge in [0.05, 0.1) is 0 Å². The molecule has 0 saturated heterocycles. The van der Waals surface area contributed by atoms with E-state index in [0.717, 1.165) is 17.5 Å². The van der Waals surface area contributed by atoms with Gasteiger partial charge in [0, 0.05) is 12.5 Å². The number of anilines is 1. The molecule has 0 amide bonds. The van der Waals surface area contributed by atoms with Crippen LogP contribution in [0.25, 0.3) is 0 Å². The van der Waals surface area contributed by atoms with E-state index in [1.807, 2.05) is 30.3 Å². The monoisotopic (exact) mass is 333 g/mol. The van der Waals surface area contributed by atoms with Crippen LogP contribution in [-0.2, 0) is 6.54 Å². The van der Waals surface area contributed by atoms with Gasteiger partial charge in [0.25, 0.3) is 0 Å². The summed E-state index contributed by atoms with van der Waals surface area (Å²) in [6.07, 6.45) is 0.898. The van der Waals surface area contributed by atoms with Gasteiger partial charge in [0.2, 0.25) is 17.5 Å². The minimum atomic E-state index is -0.240. The van der Waals surface area contributed by atoms with Gasteiger partial charge in [-0.1, -0.05) is 42.5 Å². The lowest BCUT2D eigenvalue weighted by Crippen LogP contribution is -1.99. The fourth-order valence-electron chi connectivity index (χ4n) is 3.02. The second-order valence-electron chi connectivity index (χ2n) is 6.18. The predicted molar refractivity (Wildman–Crippen MR) is 91.5 cm³/mol. The third kappa shape index (κ3) is 3.24. The molecule has 0 radical (unpaired) electrons. The Balaban J connectivity index is 1.48. The van der Waals surface area contributed by atoms with Gasteiger partial charge in [-0.2, -0.15) is 5.26 Å². The third-order valence-electron chi connectivity index (χ3n) is 4.45. The molecular formula is C20H16FN3O. The summed E-state index contributed by atoms with van der Waals surface area (Å²) in [5.74, 6) is 1.15. The van der Waals surface area contributed by atoms with Crippen LogP contribution in [0, 0.1) is 17.1 Å². The van der Waals surface area contributed by atoms with Crippen LogP contribution in [0.2, 0.25) is 0 Å². The Morgan fingerprint density at radius 1 is 1.12 bits per heavy atom. The summed E-state index contributed by atoms with van der Waals surface area (Å²) in [6.45, 7) is 0.566. The number of benzene rings is 2. The van der Waals surface area contributed by atoms with Crippen molar-refractivity contribution in [1.82, 2.24) is 4.98 Å². The van der Waals surface area contributed by atoms with Crippen LogP contribution < -0.4 is 5.32 Å². The minimum absolute atomic E-state index is 0.143.